The lowest BCUT2D eigenvalue weighted by atomic mass is 10.1. The normalized spacial score (nSPS) is 17.6. The minimum absolute atomic E-state index is 0.0248. The summed E-state index contributed by atoms with van der Waals surface area (Å²) in [5.74, 6) is -5.09. The first-order valence-corrected chi connectivity index (χ1v) is 9.39. The molecule has 1 rings (SSSR count). The van der Waals surface area contributed by atoms with E-state index >= 15 is 0 Å². The van der Waals surface area contributed by atoms with Crippen molar-refractivity contribution in [3.05, 3.63) is 0 Å². The number of nitrogens with zero attached hydrogens (tertiary/aromatic N) is 1. The number of hydrogen-bond donors (Lipinski definition) is 6. The molecule has 13 heteroatoms. The van der Waals surface area contributed by atoms with Gasteiger partial charge in [-0.1, -0.05) is 0 Å². The number of carboxylic acid groups (broad SMARTS) is 2. The molecule has 1 aliphatic rings. The highest BCUT2D eigenvalue weighted by Gasteiger charge is 2.36. The Kier molecular flexibility index (Phi) is 9.68. The maximum absolute atomic E-state index is 12.4. The van der Waals surface area contributed by atoms with E-state index in [0.717, 1.165) is 0 Å². The van der Waals surface area contributed by atoms with Gasteiger partial charge in [0, 0.05) is 19.4 Å². The summed E-state index contributed by atoms with van der Waals surface area (Å²) in [5, 5.41) is 22.4. The monoisotopic (exact) mass is 429 g/mol. The van der Waals surface area contributed by atoms with Crippen LogP contribution < -0.4 is 22.1 Å². The zero-order chi connectivity index (χ0) is 22.8. The van der Waals surface area contributed by atoms with Crippen molar-refractivity contribution in [2.45, 2.75) is 56.7 Å². The molecule has 3 unspecified atom stereocenters. The van der Waals surface area contributed by atoms with Gasteiger partial charge in [0.25, 0.3) is 0 Å². The quantitative estimate of drug-likeness (QED) is 0.187. The number of hydrogen-bond acceptors (Lipinski definition) is 7. The summed E-state index contributed by atoms with van der Waals surface area (Å²) in [7, 11) is 0. The fourth-order valence-electron chi connectivity index (χ4n) is 2.96. The van der Waals surface area contributed by atoms with Crippen molar-refractivity contribution in [3.8, 4) is 0 Å². The molecule has 0 spiro atoms. The van der Waals surface area contributed by atoms with E-state index in [1.807, 2.05) is 0 Å². The molecule has 0 aromatic rings. The molecule has 0 aliphatic carbocycles. The fraction of sp³-hybridized carbons (Fsp3) is 0.647. The van der Waals surface area contributed by atoms with Crippen molar-refractivity contribution in [3.63, 3.8) is 0 Å². The molecule has 13 nitrogen and oxygen atoms in total. The lowest BCUT2D eigenvalue weighted by Crippen LogP contribution is -2.53. The van der Waals surface area contributed by atoms with E-state index in [9.17, 15) is 28.8 Å². The molecule has 8 N–H and O–H groups in total. The first-order valence-electron chi connectivity index (χ1n) is 9.39. The van der Waals surface area contributed by atoms with Gasteiger partial charge in [-0.15, -0.1) is 0 Å². The second-order valence-electron chi connectivity index (χ2n) is 6.91. The van der Waals surface area contributed by atoms with E-state index in [1.54, 1.807) is 0 Å². The van der Waals surface area contributed by atoms with Gasteiger partial charge in [-0.05, 0) is 25.7 Å². The summed E-state index contributed by atoms with van der Waals surface area (Å²) >= 11 is 0. The lowest BCUT2D eigenvalue weighted by molar-refractivity contribution is -0.144. The Labute approximate surface area is 172 Å². The topological polar surface area (TPSA) is 222 Å². The first-order chi connectivity index (χ1) is 14.0. The van der Waals surface area contributed by atoms with Gasteiger partial charge in [0.1, 0.15) is 12.1 Å². The van der Waals surface area contributed by atoms with Crippen molar-refractivity contribution >= 4 is 35.6 Å². The average Bonchev–Trinajstić information content (AvgIpc) is 3.16. The third-order valence-electron chi connectivity index (χ3n) is 4.59. The van der Waals surface area contributed by atoms with Crippen LogP contribution in [0.5, 0.6) is 0 Å². The molecular weight excluding hydrogens is 402 g/mol. The predicted molar refractivity (Wildman–Crippen MR) is 101 cm³/mol. The van der Waals surface area contributed by atoms with Crippen LogP contribution in [0.1, 0.15) is 38.5 Å². The minimum Gasteiger partial charge on any atom is -0.481 e. The minimum atomic E-state index is -1.39. The lowest BCUT2D eigenvalue weighted by Gasteiger charge is -2.25. The van der Waals surface area contributed by atoms with E-state index in [1.165, 1.54) is 4.90 Å². The zero-order valence-corrected chi connectivity index (χ0v) is 16.3. The smallest absolute Gasteiger partial charge is 0.326 e. The van der Waals surface area contributed by atoms with Gasteiger partial charge in [-0.2, -0.15) is 0 Å². The van der Waals surface area contributed by atoms with Gasteiger partial charge < -0.3 is 37.2 Å². The van der Waals surface area contributed by atoms with E-state index in [2.05, 4.69) is 10.6 Å². The molecule has 30 heavy (non-hydrogen) atoms. The second kappa shape index (κ2) is 11.7. The van der Waals surface area contributed by atoms with E-state index in [-0.39, 0.29) is 25.8 Å². The summed E-state index contributed by atoms with van der Waals surface area (Å²) in [6.07, 6.45) is 0.0150. The fourth-order valence-corrected chi connectivity index (χ4v) is 2.96. The Hall–Kier alpha value is -3.22. The van der Waals surface area contributed by atoms with Gasteiger partial charge >= 0.3 is 11.9 Å². The van der Waals surface area contributed by atoms with Crippen LogP contribution in [0.2, 0.25) is 0 Å². The van der Waals surface area contributed by atoms with Crippen molar-refractivity contribution in [2.75, 3.05) is 13.1 Å². The Morgan fingerprint density at radius 2 is 1.73 bits per heavy atom. The largest absolute Gasteiger partial charge is 0.481 e. The van der Waals surface area contributed by atoms with Gasteiger partial charge in [0.05, 0.1) is 12.6 Å². The number of amides is 4. The van der Waals surface area contributed by atoms with Gasteiger partial charge in [-0.25, -0.2) is 4.79 Å². The predicted octanol–water partition coefficient (Wildman–Crippen LogP) is -2.88. The number of rotatable bonds is 12. The van der Waals surface area contributed by atoms with Gasteiger partial charge in [0.15, 0.2) is 0 Å². The Morgan fingerprint density at radius 3 is 2.30 bits per heavy atom. The van der Waals surface area contributed by atoms with Crippen LogP contribution >= 0.6 is 0 Å². The summed E-state index contributed by atoms with van der Waals surface area (Å²) in [6.45, 7) is -0.179. The molecule has 0 aromatic heterocycles. The number of nitrogens with one attached hydrogen (secondary N) is 2. The van der Waals surface area contributed by atoms with E-state index in [0.29, 0.717) is 12.8 Å². The summed E-state index contributed by atoms with van der Waals surface area (Å²) in [4.78, 5) is 70.6. The maximum Gasteiger partial charge on any atom is 0.326 e. The molecule has 0 bridgehead atoms. The third kappa shape index (κ3) is 8.03. The SMILES string of the molecule is NC(=O)CCC(N)C(=O)NCC(=O)N1CCCC1C(=O)NC(CCC(=O)O)C(=O)O. The Bertz CT molecular complexity index is 698. The van der Waals surface area contributed by atoms with Crippen LogP contribution in [-0.4, -0.2) is 81.9 Å². The molecular formula is C17H27N5O8. The molecule has 168 valence electrons. The van der Waals surface area contributed by atoms with Crippen LogP contribution in [0.15, 0.2) is 0 Å². The molecule has 1 saturated heterocycles. The Morgan fingerprint density at radius 1 is 1.07 bits per heavy atom. The van der Waals surface area contributed by atoms with Crippen LogP contribution in [-0.2, 0) is 28.8 Å². The van der Waals surface area contributed by atoms with Crippen molar-refractivity contribution in [2.24, 2.45) is 11.5 Å². The summed E-state index contributed by atoms with van der Waals surface area (Å²) in [6, 6.07) is -3.34. The van der Waals surface area contributed by atoms with Crippen LogP contribution in [0, 0.1) is 0 Å². The standard InChI is InChI=1S/C17H27N5O8/c18-9(3-5-12(19)23)15(27)20-8-13(24)22-7-1-2-11(22)16(28)21-10(17(29)30)4-6-14(25)26/h9-11H,1-8,18H2,(H2,19,23)(H,20,27)(H,21,28)(H,25,26)(H,29,30). The second-order valence-corrected chi connectivity index (χ2v) is 6.91. The highest BCUT2D eigenvalue weighted by atomic mass is 16.4. The van der Waals surface area contributed by atoms with Crippen LogP contribution in [0.25, 0.3) is 0 Å². The molecule has 1 fully saturated rings. The van der Waals surface area contributed by atoms with Gasteiger partial charge in [-0.3, -0.25) is 24.0 Å². The van der Waals surface area contributed by atoms with Crippen molar-refractivity contribution < 1.29 is 39.0 Å². The van der Waals surface area contributed by atoms with E-state index < -0.39 is 66.7 Å². The van der Waals surface area contributed by atoms with Crippen LogP contribution in [0.4, 0.5) is 0 Å². The molecule has 4 amide bonds. The average molecular weight is 429 g/mol. The first kappa shape index (κ1) is 24.8. The van der Waals surface area contributed by atoms with Crippen LogP contribution in [0.3, 0.4) is 0 Å². The molecule has 0 aromatic carbocycles. The molecule has 0 radical (unpaired) electrons. The molecule has 3 atom stereocenters. The molecule has 1 heterocycles. The van der Waals surface area contributed by atoms with Gasteiger partial charge in [0.2, 0.25) is 23.6 Å². The number of likely N-dealkylation sites (tertiary alicyclic amines) is 1. The zero-order valence-electron chi connectivity index (χ0n) is 16.3. The third-order valence-corrected chi connectivity index (χ3v) is 4.59. The van der Waals surface area contributed by atoms with Crippen molar-refractivity contribution in [1.82, 2.24) is 15.5 Å². The molecule has 1 aliphatic heterocycles. The molecule has 0 saturated carbocycles. The van der Waals surface area contributed by atoms with Crippen molar-refractivity contribution in [1.29, 1.82) is 0 Å². The Balaban J connectivity index is 2.60. The highest BCUT2D eigenvalue weighted by molar-refractivity contribution is 5.93. The maximum atomic E-state index is 12.4. The highest BCUT2D eigenvalue weighted by Crippen LogP contribution is 2.18. The summed E-state index contributed by atoms with van der Waals surface area (Å²) in [5.41, 5.74) is 10.6. The number of aliphatic carboxylic acids is 2. The van der Waals surface area contributed by atoms with E-state index in [4.69, 9.17) is 21.7 Å². The number of carbonyl (C=O) groups is 6. The number of primary amides is 1. The number of carboxylic acids is 2. The summed E-state index contributed by atoms with van der Waals surface area (Å²) < 4.78 is 0. The number of nitrogens with two attached hydrogens (primary N) is 2. The number of carbonyl (C=O) groups excluding carboxylic acids is 4.